The molecule has 1 amide bonds. The van der Waals surface area contributed by atoms with Gasteiger partial charge in [-0.15, -0.1) is 11.3 Å². The fourth-order valence-corrected chi connectivity index (χ4v) is 2.00. The molecule has 1 rings (SSSR count). The van der Waals surface area contributed by atoms with E-state index in [1.807, 2.05) is 31.4 Å². The molecule has 1 heterocycles. The van der Waals surface area contributed by atoms with Gasteiger partial charge in [0, 0.05) is 4.88 Å². The van der Waals surface area contributed by atoms with Crippen LogP contribution in [0, 0.1) is 5.92 Å². The quantitative estimate of drug-likeness (QED) is 0.804. The zero-order chi connectivity index (χ0) is 13.5. The number of amides is 1. The lowest BCUT2D eigenvalue weighted by Crippen LogP contribution is -2.40. The highest BCUT2D eigenvalue weighted by Gasteiger charge is 2.17. The van der Waals surface area contributed by atoms with E-state index in [4.69, 9.17) is 4.74 Å². The van der Waals surface area contributed by atoms with Crippen LogP contribution in [0.15, 0.2) is 17.5 Å². The fourth-order valence-electron chi connectivity index (χ4n) is 1.30. The summed E-state index contributed by atoms with van der Waals surface area (Å²) in [7, 11) is 0. The van der Waals surface area contributed by atoms with Crippen molar-refractivity contribution in [3.05, 3.63) is 22.4 Å². The molecule has 1 aromatic heterocycles. The van der Waals surface area contributed by atoms with E-state index in [0.717, 1.165) is 4.88 Å². The first kappa shape index (κ1) is 14.7. The number of nitrogens with one attached hydrogen (secondary N) is 1. The lowest BCUT2D eigenvalue weighted by atomic mass is 10.2. The highest BCUT2D eigenvalue weighted by Crippen LogP contribution is 2.09. The number of ether oxygens (including phenoxy) is 1. The SMILES string of the molecule is CC(C)COC(=O)[C@H](C)NC(=O)Cc1cccs1. The molecule has 0 aliphatic rings. The number of thiophene rings is 1. The predicted molar refractivity (Wildman–Crippen MR) is 71.4 cm³/mol. The average molecular weight is 269 g/mol. The first-order valence-corrected chi connectivity index (χ1v) is 6.85. The lowest BCUT2D eigenvalue weighted by molar-refractivity contribution is -0.148. The zero-order valence-corrected chi connectivity index (χ0v) is 11.8. The maximum absolute atomic E-state index is 11.7. The molecule has 0 aliphatic heterocycles. The summed E-state index contributed by atoms with van der Waals surface area (Å²) in [6, 6.07) is 3.19. The zero-order valence-electron chi connectivity index (χ0n) is 10.9. The fraction of sp³-hybridized carbons (Fsp3) is 0.538. The minimum absolute atomic E-state index is 0.161. The van der Waals surface area contributed by atoms with Gasteiger partial charge in [-0.2, -0.15) is 0 Å². The number of esters is 1. The summed E-state index contributed by atoms with van der Waals surface area (Å²) in [6.07, 6.45) is 0.305. The van der Waals surface area contributed by atoms with Crippen LogP contribution in [0.25, 0.3) is 0 Å². The maximum Gasteiger partial charge on any atom is 0.328 e. The van der Waals surface area contributed by atoms with Gasteiger partial charge in [0.25, 0.3) is 0 Å². The third kappa shape index (κ3) is 5.31. The second-order valence-corrected chi connectivity index (χ2v) is 5.60. The van der Waals surface area contributed by atoms with Crippen LogP contribution in [0.4, 0.5) is 0 Å². The normalized spacial score (nSPS) is 12.2. The van der Waals surface area contributed by atoms with Gasteiger partial charge in [-0.05, 0) is 24.3 Å². The predicted octanol–water partition coefficient (Wildman–Crippen LogP) is 1.99. The molecule has 0 aromatic carbocycles. The number of hydrogen-bond acceptors (Lipinski definition) is 4. The summed E-state index contributed by atoms with van der Waals surface area (Å²) >= 11 is 1.52. The van der Waals surface area contributed by atoms with Gasteiger partial charge in [0.15, 0.2) is 0 Å². The van der Waals surface area contributed by atoms with E-state index in [0.29, 0.717) is 18.9 Å². The first-order valence-electron chi connectivity index (χ1n) is 5.97. The molecule has 0 saturated heterocycles. The molecule has 0 fully saturated rings. The molecule has 4 nitrogen and oxygen atoms in total. The van der Waals surface area contributed by atoms with Crippen molar-refractivity contribution in [1.82, 2.24) is 5.32 Å². The number of carbonyl (C=O) groups excluding carboxylic acids is 2. The maximum atomic E-state index is 11.7. The van der Waals surface area contributed by atoms with E-state index in [1.54, 1.807) is 6.92 Å². The van der Waals surface area contributed by atoms with Crippen molar-refractivity contribution >= 4 is 23.2 Å². The minimum Gasteiger partial charge on any atom is -0.464 e. The molecule has 18 heavy (non-hydrogen) atoms. The Bertz CT molecular complexity index is 387. The van der Waals surface area contributed by atoms with Crippen LogP contribution in [0.2, 0.25) is 0 Å². The molecule has 1 N–H and O–H groups in total. The molecular weight excluding hydrogens is 250 g/mol. The van der Waals surface area contributed by atoms with Crippen molar-refractivity contribution in [2.45, 2.75) is 33.2 Å². The second-order valence-electron chi connectivity index (χ2n) is 4.57. The van der Waals surface area contributed by atoms with Gasteiger partial charge in [0.05, 0.1) is 13.0 Å². The number of hydrogen-bond donors (Lipinski definition) is 1. The van der Waals surface area contributed by atoms with E-state index < -0.39 is 6.04 Å². The molecule has 0 bridgehead atoms. The van der Waals surface area contributed by atoms with Crippen molar-refractivity contribution in [3.63, 3.8) is 0 Å². The Balaban J connectivity index is 2.32. The molecule has 0 unspecified atom stereocenters. The Morgan fingerprint density at radius 2 is 2.11 bits per heavy atom. The van der Waals surface area contributed by atoms with Crippen LogP contribution in [0.3, 0.4) is 0 Å². The Labute approximate surface area is 111 Å². The molecule has 1 aromatic rings. The van der Waals surface area contributed by atoms with Gasteiger partial charge in [-0.25, -0.2) is 4.79 Å². The van der Waals surface area contributed by atoms with Gasteiger partial charge in [-0.3, -0.25) is 4.79 Å². The van der Waals surface area contributed by atoms with E-state index >= 15 is 0 Å². The highest BCUT2D eigenvalue weighted by molar-refractivity contribution is 7.10. The van der Waals surface area contributed by atoms with Gasteiger partial charge >= 0.3 is 5.97 Å². The standard InChI is InChI=1S/C13H19NO3S/c1-9(2)8-17-13(16)10(3)14-12(15)7-11-5-4-6-18-11/h4-6,9-10H,7-8H2,1-3H3,(H,14,15)/t10-/m0/s1. The largest absolute Gasteiger partial charge is 0.464 e. The van der Waals surface area contributed by atoms with Crippen molar-refractivity contribution in [3.8, 4) is 0 Å². The molecular formula is C13H19NO3S. The lowest BCUT2D eigenvalue weighted by Gasteiger charge is -2.14. The van der Waals surface area contributed by atoms with Crippen molar-refractivity contribution < 1.29 is 14.3 Å². The van der Waals surface area contributed by atoms with Crippen molar-refractivity contribution in [2.75, 3.05) is 6.61 Å². The number of carbonyl (C=O) groups is 2. The van der Waals surface area contributed by atoms with Crippen molar-refractivity contribution in [2.24, 2.45) is 5.92 Å². The summed E-state index contributed by atoms with van der Waals surface area (Å²) < 4.78 is 5.05. The monoisotopic (exact) mass is 269 g/mol. The molecule has 0 saturated carbocycles. The Kier molecular flexibility index (Phi) is 5.85. The van der Waals surface area contributed by atoms with Crippen molar-refractivity contribution in [1.29, 1.82) is 0 Å². The molecule has 1 atom stereocenters. The van der Waals surface area contributed by atoms with Gasteiger partial charge in [0.1, 0.15) is 6.04 Å². The summed E-state index contributed by atoms with van der Waals surface area (Å²) in [6.45, 7) is 5.94. The Morgan fingerprint density at radius 1 is 1.39 bits per heavy atom. The third-order valence-electron chi connectivity index (χ3n) is 2.20. The van der Waals surface area contributed by atoms with Crippen LogP contribution in [0.1, 0.15) is 25.6 Å². The van der Waals surface area contributed by atoms with Gasteiger partial charge in [0.2, 0.25) is 5.91 Å². The molecule has 0 aliphatic carbocycles. The molecule has 0 radical (unpaired) electrons. The van der Waals surface area contributed by atoms with E-state index in [-0.39, 0.29) is 11.9 Å². The number of rotatable bonds is 6. The van der Waals surface area contributed by atoms with Crippen LogP contribution in [-0.4, -0.2) is 24.5 Å². The van der Waals surface area contributed by atoms with Crippen LogP contribution in [0.5, 0.6) is 0 Å². The Morgan fingerprint density at radius 3 is 2.67 bits per heavy atom. The highest BCUT2D eigenvalue weighted by atomic mass is 32.1. The van der Waals surface area contributed by atoms with E-state index in [2.05, 4.69) is 5.32 Å². The topological polar surface area (TPSA) is 55.4 Å². The van der Waals surface area contributed by atoms with Gasteiger partial charge < -0.3 is 10.1 Å². The summed E-state index contributed by atoms with van der Waals surface area (Å²) in [5.41, 5.74) is 0. The van der Waals surface area contributed by atoms with Gasteiger partial charge in [-0.1, -0.05) is 19.9 Å². The first-order chi connectivity index (χ1) is 8.49. The smallest absolute Gasteiger partial charge is 0.328 e. The van der Waals surface area contributed by atoms with Crippen LogP contribution in [-0.2, 0) is 20.7 Å². The van der Waals surface area contributed by atoms with Crippen LogP contribution < -0.4 is 5.32 Å². The Hall–Kier alpha value is -1.36. The molecule has 100 valence electrons. The third-order valence-corrected chi connectivity index (χ3v) is 3.08. The second kappa shape index (κ2) is 7.16. The van der Waals surface area contributed by atoms with Crippen LogP contribution >= 0.6 is 11.3 Å². The molecule has 0 spiro atoms. The average Bonchev–Trinajstić information content (AvgIpc) is 2.78. The van der Waals surface area contributed by atoms with E-state index in [1.165, 1.54) is 11.3 Å². The molecule has 5 heteroatoms. The summed E-state index contributed by atoms with van der Waals surface area (Å²) in [5, 5.41) is 4.55. The summed E-state index contributed by atoms with van der Waals surface area (Å²) in [5.74, 6) is -0.252. The van der Waals surface area contributed by atoms with E-state index in [9.17, 15) is 9.59 Å². The minimum atomic E-state index is -0.601. The summed E-state index contributed by atoms with van der Waals surface area (Å²) in [4.78, 5) is 24.2.